The Morgan fingerprint density at radius 2 is 2.21 bits per heavy atom. The number of anilines is 1. The van der Waals surface area contributed by atoms with Crippen molar-refractivity contribution in [2.45, 2.75) is 0 Å². The van der Waals surface area contributed by atoms with Crippen molar-refractivity contribution >= 4 is 32.5 Å². The number of nitrogens with one attached hydrogen (secondary N) is 1. The predicted molar refractivity (Wildman–Crippen MR) is 58.1 cm³/mol. The number of rotatable bonds is 1. The van der Waals surface area contributed by atoms with Crippen LogP contribution in [0, 0.1) is 5.82 Å². The third-order valence-electron chi connectivity index (χ3n) is 2.09. The lowest BCUT2D eigenvalue weighted by Crippen LogP contribution is -2.10. The maximum atomic E-state index is 13.8. The maximum Gasteiger partial charge on any atom is 0.172 e. The highest BCUT2D eigenvalue weighted by atomic mass is 79.9. The third-order valence-corrected chi connectivity index (χ3v) is 2.74. The number of hydrogen-bond acceptors (Lipinski definition) is 2. The molecular formula is C9H9BrFN3. The first-order valence-electron chi connectivity index (χ1n) is 4.09. The van der Waals surface area contributed by atoms with Gasteiger partial charge in [0.2, 0.25) is 0 Å². The van der Waals surface area contributed by atoms with Crippen molar-refractivity contribution in [3.63, 3.8) is 0 Å². The summed E-state index contributed by atoms with van der Waals surface area (Å²) in [6.07, 6.45) is 1.60. The molecule has 2 aromatic rings. The van der Waals surface area contributed by atoms with Crippen molar-refractivity contribution in [3.05, 3.63) is 22.6 Å². The topological polar surface area (TPSA) is 31.9 Å². The Labute approximate surface area is 89.0 Å². The number of H-pyrrole nitrogens is 1. The SMILES string of the molecule is CN(C)c1cc(Br)c2cn[nH]c2c1F. The fraction of sp³-hybridized carbons (Fsp3) is 0.222. The van der Waals surface area contributed by atoms with Gasteiger partial charge in [0.05, 0.1) is 11.9 Å². The quantitative estimate of drug-likeness (QED) is 0.852. The van der Waals surface area contributed by atoms with Gasteiger partial charge in [-0.2, -0.15) is 5.10 Å². The first-order valence-corrected chi connectivity index (χ1v) is 4.89. The zero-order valence-electron chi connectivity index (χ0n) is 7.81. The van der Waals surface area contributed by atoms with Gasteiger partial charge in [0.1, 0.15) is 5.52 Å². The van der Waals surface area contributed by atoms with E-state index in [9.17, 15) is 4.39 Å². The monoisotopic (exact) mass is 257 g/mol. The van der Waals surface area contributed by atoms with Crippen LogP contribution in [-0.2, 0) is 0 Å². The smallest absolute Gasteiger partial charge is 0.172 e. The summed E-state index contributed by atoms with van der Waals surface area (Å²) in [7, 11) is 3.60. The van der Waals surface area contributed by atoms with Crippen LogP contribution < -0.4 is 4.90 Å². The summed E-state index contributed by atoms with van der Waals surface area (Å²) in [5.41, 5.74) is 0.969. The van der Waals surface area contributed by atoms with E-state index >= 15 is 0 Å². The number of aromatic nitrogens is 2. The van der Waals surface area contributed by atoms with Crippen molar-refractivity contribution in [1.29, 1.82) is 0 Å². The van der Waals surface area contributed by atoms with Gasteiger partial charge in [0.15, 0.2) is 5.82 Å². The Bertz CT molecular complexity index is 478. The molecule has 1 heterocycles. The highest BCUT2D eigenvalue weighted by molar-refractivity contribution is 9.10. The normalized spacial score (nSPS) is 10.9. The lowest BCUT2D eigenvalue weighted by atomic mass is 10.2. The van der Waals surface area contributed by atoms with Gasteiger partial charge in [-0.1, -0.05) is 0 Å². The molecular weight excluding hydrogens is 249 g/mol. The molecule has 0 atom stereocenters. The molecule has 1 aromatic heterocycles. The predicted octanol–water partition coefficient (Wildman–Crippen LogP) is 2.53. The van der Waals surface area contributed by atoms with Crippen LogP contribution in [0.5, 0.6) is 0 Å². The molecule has 0 amide bonds. The second-order valence-corrected chi connectivity index (χ2v) is 4.10. The average Bonchev–Trinajstić information content (AvgIpc) is 2.59. The summed E-state index contributed by atoms with van der Waals surface area (Å²) in [5, 5.41) is 7.21. The summed E-state index contributed by atoms with van der Waals surface area (Å²) < 4.78 is 14.6. The minimum absolute atomic E-state index is 0.272. The minimum Gasteiger partial charge on any atom is -0.375 e. The van der Waals surface area contributed by atoms with E-state index in [4.69, 9.17) is 0 Å². The summed E-state index contributed by atoms with van der Waals surface area (Å²) >= 11 is 3.38. The fourth-order valence-corrected chi connectivity index (χ4v) is 1.87. The molecule has 2 rings (SSSR count). The van der Waals surface area contributed by atoms with Crippen molar-refractivity contribution < 1.29 is 4.39 Å². The van der Waals surface area contributed by atoms with Crippen molar-refractivity contribution in [2.75, 3.05) is 19.0 Å². The summed E-state index contributed by atoms with van der Waals surface area (Å²) in [5.74, 6) is -0.272. The van der Waals surface area contributed by atoms with E-state index in [1.54, 1.807) is 31.3 Å². The van der Waals surface area contributed by atoms with Gasteiger partial charge in [-0.15, -0.1) is 0 Å². The lowest BCUT2D eigenvalue weighted by Gasteiger charge is -2.14. The molecule has 1 aromatic carbocycles. The highest BCUT2D eigenvalue weighted by Gasteiger charge is 2.13. The minimum atomic E-state index is -0.272. The number of nitrogens with zero attached hydrogens (tertiary/aromatic N) is 2. The Hall–Kier alpha value is -1.10. The van der Waals surface area contributed by atoms with Crippen LogP contribution in [0.3, 0.4) is 0 Å². The zero-order valence-corrected chi connectivity index (χ0v) is 9.39. The van der Waals surface area contributed by atoms with E-state index in [1.165, 1.54) is 0 Å². The molecule has 0 aliphatic carbocycles. The molecule has 3 nitrogen and oxygen atoms in total. The Morgan fingerprint density at radius 3 is 2.86 bits per heavy atom. The van der Waals surface area contributed by atoms with Gasteiger partial charge in [0, 0.05) is 24.0 Å². The van der Waals surface area contributed by atoms with Gasteiger partial charge in [0.25, 0.3) is 0 Å². The summed E-state index contributed by atoms with van der Waals surface area (Å²) in [6, 6.07) is 1.74. The van der Waals surface area contributed by atoms with Gasteiger partial charge in [-0.05, 0) is 22.0 Å². The second kappa shape index (κ2) is 3.24. The molecule has 14 heavy (non-hydrogen) atoms. The summed E-state index contributed by atoms with van der Waals surface area (Å²) in [6.45, 7) is 0. The molecule has 0 aliphatic heterocycles. The average molecular weight is 258 g/mol. The fourth-order valence-electron chi connectivity index (χ4n) is 1.35. The molecule has 0 radical (unpaired) electrons. The molecule has 0 saturated carbocycles. The molecule has 74 valence electrons. The summed E-state index contributed by atoms with van der Waals surface area (Å²) in [4.78, 5) is 1.72. The van der Waals surface area contributed by atoms with Crippen LogP contribution in [0.15, 0.2) is 16.7 Å². The van der Waals surface area contributed by atoms with Gasteiger partial charge in [-0.3, -0.25) is 5.10 Å². The van der Waals surface area contributed by atoms with Crippen LogP contribution in [0.4, 0.5) is 10.1 Å². The van der Waals surface area contributed by atoms with E-state index in [0.717, 1.165) is 9.86 Å². The van der Waals surface area contributed by atoms with E-state index in [2.05, 4.69) is 26.1 Å². The largest absolute Gasteiger partial charge is 0.375 e. The molecule has 0 aliphatic rings. The van der Waals surface area contributed by atoms with Crippen LogP contribution in [0.1, 0.15) is 0 Å². The Balaban J connectivity index is 2.82. The molecule has 0 bridgehead atoms. The van der Waals surface area contributed by atoms with E-state index in [0.29, 0.717) is 11.2 Å². The second-order valence-electron chi connectivity index (χ2n) is 3.24. The Morgan fingerprint density at radius 1 is 1.50 bits per heavy atom. The first-order chi connectivity index (χ1) is 6.61. The third kappa shape index (κ3) is 1.28. The van der Waals surface area contributed by atoms with Crippen LogP contribution in [0.25, 0.3) is 10.9 Å². The number of hydrogen-bond donors (Lipinski definition) is 1. The zero-order chi connectivity index (χ0) is 10.3. The standard InChI is InChI=1S/C9H9BrFN3/c1-14(2)7-3-6(10)5-4-12-13-9(5)8(7)11/h3-4H,1-2H3,(H,12,13). The van der Waals surface area contributed by atoms with E-state index in [-0.39, 0.29) is 5.82 Å². The molecule has 0 saturated heterocycles. The highest BCUT2D eigenvalue weighted by Crippen LogP contribution is 2.31. The first kappa shape index (κ1) is 9.45. The number of halogens is 2. The van der Waals surface area contributed by atoms with Gasteiger partial charge < -0.3 is 4.90 Å². The molecule has 0 spiro atoms. The molecule has 0 fully saturated rings. The molecule has 5 heteroatoms. The van der Waals surface area contributed by atoms with Gasteiger partial charge >= 0.3 is 0 Å². The van der Waals surface area contributed by atoms with Crippen LogP contribution in [0.2, 0.25) is 0 Å². The maximum absolute atomic E-state index is 13.8. The van der Waals surface area contributed by atoms with Gasteiger partial charge in [-0.25, -0.2) is 4.39 Å². The number of aromatic amines is 1. The molecule has 0 unspecified atom stereocenters. The van der Waals surface area contributed by atoms with Crippen molar-refractivity contribution in [1.82, 2.24) is 10.2 Å². The van der Waals surface area contributed by atoms with E-state index < -0.39 is 0 Å². The Kier molecular flexibility index (Phi) is 2.19. The number of fused-ring (bicyclic) bond motifs is 1. The number of benzene rings is 1. The van der Waals surface area contributed by atoms with E-state index in [1.807, 2.05) is 0 Å². The van der Waals surface area contributed by atoms with Crippen LogP contribution in [-0.4, -0.2) is 24.3 Å². The molecule has 1 N–H and O–H groups in total. The lowest BCUT2D eigenvalue weighted by molar-refractivity contribution is 0.634. The van der Waals surface area contributed by atoms with Crippen LogP contribution >= 0.6 is 15.9 Å². The van der Waals surface area contributed by atoms with Crippen molar-refractivity contribution in [2.24, 2.45) is 0 Å². The van der Waals surface area contributed by atoms with Crippen molar-refractivity contribution in [3.8, 4) is 0 Å².